The van der Waals surface area contributed by atoms with Gasteiger partial charge < -0.3 is 0 Å². The lowest BCUT2D eigenvalue weighted by atomic mass is 9.40. The fourth-order valence-electron chi connectivity index (χ4n) is 8.07. The van der Waals surface area contributed by atoms with Gasteiger partial charge in [-0.1, -0.05) is 20.8 Å². The third-order valence-electron chi connectivity index (χ3n) is 9.66. The van der Waals surface area contributed by atoms with Crippen LogP contribution in [0.5, 0.6) is 0 Å². The first-order valence-corrected chi connectivity index (χ1v) is 10.2. The molecule has 0 saturated heterocycles. The Balaban J connectivity index is 1.66. The molecule has 4 fully saturated rings. The van der Waals surface area contributed by atoms with Crippen molar-refractivity contribution in [3.8, 4) is 0 Å². The summed E-state index contributed by atoms with van der Waals surface area (Å²) in [6, 6.07) is 0. The summed E-state index contributed by atoms with van der Waals surface area (Å²) < 4.78 is 0. The predicted molar refractivity (Wildman–Crippen MR) is 95.5 cm³/mol. The van der Waals surface area contributed by atoms with Crippen molar-refractivity contribution in [2.75, 3.05) is 0 Å². The van der Waals surface area contributed by atoms with E-state index in [0.717, 1.165) is 43.4 Å². The van der Waals surface area contributed by atoms with E-state index in [9.17, 15) is 9.59 Å². The maximum Gasteiger partial charge on any atom is 0.133 e. The minimum atomic E-state index is 0.218. The van der Waals surface area contributed by atoms with E-state index >= 15 is 0 Å². The van der Waals surface area contributed by atoms with Crippen molar-refractivity contribution in [2.24, 2.45) is 39.9 Å². The van der Waals surface area contributed by atoms with Crippen molar-refractivity contribution < 1.29 is 9.59 Å². The van der Waals surface area contributed by atoms with E-state index in [1.807, 2.05) is 6.92 Å². The smallest absolute Gasteiger partial charge is 0.133 e. The van der Waals surface area contributed by atoms with Gasteiger partial charge in [-0.25, -0.2) is 0 Å². The summed E-state index contributed by atoms with van der Waals surface area (Å²) in [6.07, 6.45) is 10.1. The summed E-state index contributed by atoms with van der Waals surface area (Å²) in [4.78, 5) is 24.3. The molecule has 0 bridgehead atoms. The number of rotatable bonds is 1. The lowest BCUT2D eigenvalue weighted by Gasteiger charge is -2.64. The average molecular weight is 331 g/mol. The first-order valence-electron chi connectivity index (χ1n) is 10.2. The van der Waals surface area contributed by atoms with Crippen LogP contribution in [-0.2, 0) is 9.59 Å². The molecule has 134 valence electrons. The van der Waals surface area contributed by atoms with Crippen LogP contribution in [0.3, 0.4) is 0 Å². The third-order valence-corrected chi connectivity index (χ3v) is 9.66. The Morgan fingerprint density at radius 2 is 1.71 bits per heavy atom. The number of fused-ring (bicyclic) bond motifs is 5. The highest BCUT2D eigenvalue weighted by Crippen LogP contribution is 2.70. The molecule has 0 aliphatic heterocycles. The Morgan fingerprint density at radius 3 is 2.42 bits per heavy atom. The molecular formula is C22H34O2. The summed E-state index contributed by atoms with van der Waals surface area (Å²) in [7, 11) is 0. The maximum atomic E-state index is 12.2. The van der Waals surface area contributed by atoms with E-state index in [2.05, 4.69) is 20.8 Å². The van der Waals surface area contributed by atoms with Gasteiger partial charge in [0.05, 0.1) is 0 Å². The Morgan fingerprint density at radius 1 is 0.958 bits per heavy atom. The van der Waals surface area contributed by atoms with Crippen LogP contribution >= 0.6 is 0 Å². The van der Waals surface area contributed by atoms with Gasteiger partial charge >= 0.3 is 0 Å². The fourth-order valence-corrected chi connectivity index (χ4v) is 8.07. The van der Waals surface area contributed by atoms with Crippen LogP contribution in [-0.4, -0.2) is 11.6 Å². The van der Waals surface area contributed by atoms with E-state index in [0.29, 0.717) is 22.9 Å². The zero-order valence-electron chi connectivity index (χ0n) is 16.0. The molecule has 0 amide bonds. The molecular weight excluding hydrogens is 296 g/mol. The van der Waals surface area contributed by atoms with Gasteiger partial charge in [0.2, 0.25) is 0 Å². The SMILES string of the molecule is CC(=O)[C@H]1CCC2C3CCC4(C)CC(=O)CCC4(C)C3CCC21C. The zero-order chi connectivity index (χ0) is 17.3. The molecule has 24 heavy (non-hydrogen) atoms. The highest BCUT2D eigenvalue weighted by atomic mass is 16.1. The third kappa shape index (κ3) is 2.01. The van der Waals surface area contributed by atoms with Crippen molar-refractivity contribution in [1.82, 2.24) is 0 Å². The van der Waals surface area contributed by atoms with Crippen LogP contribution in [0, 0.1) is 39.9 Å². The molecule has 0 radical (unpaired) electrons. The predicted octanol–water partition coefficient (Wildman–Crippen LogP) is 5.19. The number of carbonyl (C=O) groups is 2. The number of hydrogen-bond donors (Lipinski definition) is 0. The van der Waals surface area contributed by atoms with E-state index < -0.39 is 0 Å². The van der Waals surface area contributed by atoms with Crippen molar-refractivity contribution in [2.45, 2.75) is 85.5 Å². The second kappa shape index (κ2) is 5.17. The first-order chi connectivity index (χ1) is 11.2. The lowest BCUT2D eigenvalue weighted by Crippen LogP contribution is -2.57. The fraction of sp³-hybridized carbons (Fsp3) is 0.909. The van der Waals surface area contributed by atoms with Crippen molar-refractivity contribution >= 4 is 11.6 Å². The summed E-state index contributed by atoms with van der Waals surface area (Å²) in [5, 5.41) is 0. The Hall–Kier alpha value is -0.660. The highest BCUT2D eigenvalue weighted by Gasteiger charge is 2.63. The highest BCUT2D eigenvalue weighted by molar-refractivity contribution is 5.80. The maximum absolute atomic E-state index is 12.2. The van der Waals surface area contributed by atoms with Crippen LogP contribution in [0.2, 0.25) is 0 Å². The van der Waals surface area contributed by atoms with Crippen molar-refractivity contribution in [3.05, 3.63) is 0 Å². The van der Waals surface area contributed by atoms with Gasteiger partial charge in [0.25, 0.3) is 0 Å². The lowest BCUT2D eigenvalue weighted by molar-refractivity contribution is -0.164. The van der Waals surface area contributed by atoms with Crippen molar-refractivity contribution in [1.29, 1.82) is 0 Å². The average Bonchev–Trinajstić information content (AvgIpc) is 2.86. The largest absolute Gasteiger partial charge is 0.300 e. The number of ketones is 2. The van der Waals surface area contributed by atoms with Gasteiger partial charge in [-0.05, 0) is 85.9 Å². The molecule has 0 aromatic rings. The molecule has 0 N–H and O–H groups in total. The Labute approximate surface area is 147 Å². The van der Waals surface area contributed by atoms with Gasteiger partial charge in [-0.3, -0.25) is 9.59 Å². The summed E-state index contributed by atoms with van der Waals surface area (Å²) in [5.41, 5.74) is 0.802. The number of hydrogen-bond acceptors (Lipinski definition) is 2. The summed E-state index contributed by atoms with van der Waals surface area (Å²) in [5.74, 6) is 3.52. The Bertz CT molecular complexity index is 581. The normalized spacial score (nSPS) is 53.9. The van der Waals surface area contributed by atoms with Crippen molar-refractivity contribution in [3.63, 3.8) is 0 Å². The molecule has 2 nitrogen and oxygen atoms in total. The van der Waals surface area contributed by atoms with Crippen LogP contribution in [0.15, 0.2) is 0 Å². The molecule has 4 aliphatic carbocycles. The van der Waals surface area contributed by atoms with E-state index in [1.54, 1.807) is 0 Å². The van der Waals surface area contributed by atoms with E-state index in [-0.39, 0.29) is 10.8 Å². The summed E-state index contributed by atoms with van der Waals surface area (Å²) in [6.45, 7) is 9.15. The molecule has 0 spiro atoms. The molecule has 7 atom stereocenters. The van der Waals surface area contributed by atoms with E-state index in [4.69, 9.17) is 0 Å². The second-order valence-electron chi connectivity index (χ2n) is 10.4. The van der Waals surface area contributed by atoms with Gasteiger partial charge in [-0.15, -0.1) is 0 Å². The molecule has 0 aromatic carbocycles. The molecule has 0 aromatic heterocycles. The van der Waals surface area contributed by atoms with E-state index in [1.165, 1.54) is 32.1 Å². The Kier molecular flexibility index (Phi) is 3.62. The summed E-state index contributed by atoms with van der Waals surface area (Å²) >= 11 is 0. The van der Waals surface area contributed by atoms with Crippen LogP contribution in [0.25, 0.3) is 0 Å². The molecule has 0 heterocycles. The molecule has 4 aliphatic rings. The number of carbonyl (C=O) groups excluding carboxylic acids is 2. The molecule has 2 heteroatoms. The minimum Gasteiger partial charge on any atom is -0.300 e. The van der Waals surface area contributed by atoms with Crippen LogP contribution in [0.1, 0.15) is 85.5 Å². The quantitative estimate of drug-likeness (QED) is 0.662. The molecule has 6 unspecified atom stereocenters. The molecule has 4 rings (SSSR count). The first kappa shape index (κ1) is 16.8. The number of Topliss-reactive ketones (excluding diaryl/α,β-unsaturated/α-hetero) is 2. The second-order valence-corrected chi connectivity index (χ2v) is 10.4. The van der Waals surface area contributed by atoms with Gasteiger partial charge in [0.15, 0.2) is 0 Å². The van der Waals surface area contributed by atoms with Gasteiger partial charge in [-0.2, -0.15) is 0 Å². The topological polar surface area (TPSA) is 34.1 Å². The van der Waals surface area contributed by atoms with Gasteiger partial charge in [0, 0.05) is 18.8 Å². The zero-order valence-corrected chi connectivity index (χ0v) is 16.0. The minimum absolute atomic E-state index is 0.218. The van der Waals surface area contributed by atoms with Crippen LogP contribution in [0.4, 0.5) is 0 Å². The monoisotopic (exact) mass is 330 g/mol. The van der Waals surface area contributed by atoms with Gasteiger partial charge in [0.1, 0.15) is 11.6 Å². The molecule has 4 saturated carbocycles. The van der Waals surface area contributed by atoms with Crippen LogP contribution < -0.4 is 0 Å². The standard InChI is InChI=1S/C22H34O2/c1-14(23)17-5-6-18-16-8-10-20(2)13-15(24)7-12-22(20,4)19(16)9-11-21(17,18)3/h16-19H,5-13H2,1-4H3/t16?,17-,18?,19?,20?,21?,22?/m1/s1.